The van der Waals surface area contributed by atoms with Gasteiger partial charge < -0.3 is 25.2 Å². The molecular weight excluding hydrogens is 438 g/mol. The highest BCUT2D eigenvalue weighted by Crippen LogP contribution is 2.40. The number of nitrogens with zero attached hydrogens (tertiary/aromatic N) is 3. The van der Waals surface area contributed by atoms with Gasteiger partial charge in [0.05, 0.1) is 19.1 Å². The second kappa shape index (κ2) is 10.0. The fourth-order valence-corrected chi connectivity index (χ4v) is 5.26. The van der Waals surface area contributed by atoms with Crippen molar-refractivity contribution < 1.29 is 24.5 Å². The van der Waals surface area contributed by atoms with Gasteiger partial charge in [0.2, 0.25) is 11.8 Å². The number of aromatic nitrogens is 3. The molecule has 0 aromatic carbocycles. The van der Waals surface area contributed by atoms with Crippen LogP contribution in [0.2, 0.25) is 0 Å². The number of pyridine rings is 1. The molecule has 184 valence electrons. The maximum atomic E-state index is 12.4. The molecule has 2 aromatic heterocycles. The van der Waals surface area contributed by atoms with E-state index in [0.717, 1.165) is 24.1 Å². The number of hydrogen-bond acceptors (Lipinski definition) is 6. The van der Waals surface area contributed by atoms with E-state index in [2.05, 4.69) is 20.5 Å². The Morgan fingerprint density at radius 2 is 2.00 bits per heavy atom. The molecular formula is C24H33N5O5. The Morgan fingerprint density at radius 1 is 1.24 bits per heavy atom. The molecule has 0 spiro atoms. The van der Waals surface area contributed by atoms with Crippen LogP contribution in [0.5, 0.6) is 5.88 Å². The molecule has 0 unspecified atom stereocenters. The van der Waals surface area contributed by atoms with Gasteiger partial charge in [0, 0.05) is 42.0 Å². The van der Waals surface area contributed by atoms with Gasteiger partial charge in [-0.25, -0.2) is 9.78 Å². The van der Waals surface area contributed by atoms with E-state index in [1.807, 2.05) is 13.0 Å². The number of anilines is 1. The number of carboxylic acid groups (broad SMARTS) is 1. The molecule has 34 heavy (non-hydrogen) atoms. The molecule has 0 aliphatic heterocycles. The van der Waals surface area contributed by atoms with E-state index in [9.17, 15) is 19.8 Å². The Hall–Kier alpha value is -3.14. The fraction of sp³-hybridized carbons (Fsp3) is 0.583. The van der Waals surface area contributed by atoms with Gasteiger partial charge in [-0.3, -0.25) is 9.89 Å². The maximum absolute atomic E-state index is 12.4. The highest BCUT2D eigenvalue weighted by atomic mass is 16.5. The first-order valence-corrected chi connectivity index (χ1v) is 11.8. The second-order valence-electron chi connectivity index (χ2n) is 9.72. The number of rotatable bonds is 7. The summed E-state index contributed by atoms with van der Waals surface area (Å²) in [5, 5.41) is 30.2. The van der Waals surface area contributed by atoms with Gasteiger partial charge in [0.1, 0.15) is 0 Å². The van der Waals surface area contributed by atoms with E-state index < -0.39 is 11.7 Å². The fourth-order valence-electron chi connectivity index (χ4n) is 5.26. The molecule has 2 aliphatic rings. The zero-order chi connectivity index (χ0) is 24.3. The predicted octanol–water partition coefficient (Wildman–Crippen LogP) is 3.30. The summed E-state index contributed by atoms with van der Waals surface area (Å²) in [4.78, 5) is 30.2. The summed E-state index contributed by atoms with van der Waals surface area (Å²) in [5.41, 5.74) is 0.996. The first kappa shape index (κ1) is 24.0. The molecule has 2 atom stereocenters. The SMILES string of the molecule is COc1cc(CC(=O)Nc2cc([C@@H]3CC[C@H](N(C(=O)O)C4CCC(C)(O)CC4)C3)[nH]n2)ccn1. The van der Waals surface area contributed by atoms with Gasteiger partial charge in [-0.05, 0) is 63.5 Å². The number of ether oxygens (including phenoxy) is 1. The lowest BCUT2D eigenvalue weighted by atomic mass is 9.82. The Labute approximate surface area is 198 Å². The van der Waals surface area contributed by atoms with Gasteiger partial charge in [0.25, 0.3) is 0 Å². The van der Waals surface area contributed by atoms with Crippen LogP contribution in [0, 0.1) is 0 Å². The van der Waals surface area contributed by atoms with Gasteiger partial charge >= 0.3 is 6.09 Å². The molecule has 0 saturated heterocycles. The lowest BCUT2D eigenvalue weighted by Gasteiger charge is -2.40. The van der Waals surface area contributed by atoms with Crippen molar-refractivity contribution in [2.45, 2.75) is 81.9 Å². The number of aromatic amines is 1. The third-order valence-electron chi connectivity index (χ3n) is 7.12. The third kappa shape index (κ3) is 5.67. The second-order valence-corrected chi connectivity index (χ2v) is 9.72. The van der Waals surface area contributed by atoms with Gasteiger partial charge in [-0.1, -0.05) is 0 Å². The Morgan fingerprint density at radius 3 is 2.71 bits per heavy atom. The van der Waals surface area contributed by atoms with E-state index in [-0.39, 0.29) is 30.3 Å². The van der Waals surface area contributed by atoms with Crippen molar-refractivity contribution >= 4 is 17.8 Å². The van der Waals surface area contributed by atoms with Crippen LogP contribution in [0.1, 0.15) is 69.0 Å². The minimum Gasteiger partial charge on any atom is -0.481 e. The zero-order valence-corrected chi connectivity index (χ0v) is 19.7. The summed E-state index contributed by atoms with van der Waals surface area (Å²) >= 11 is 0. The Bertz CT molecular complexity index is 1010. The summed E-state index contributed by atoms with van der Waals surface area (Å²) in [6.45, 7) is 1.82. The normalized spacial score (nSPS) is 26.7. The summed E-state index contributed by atoms with van der Waals surface area (Å²) in [6, 6.07) is 5.21. The van der Waals surface area contributed by atoms with E-state index in [1.54, 1.807) is 23.2 Å². The van der Waals surface area contributed by atoms with Crippen LogP contribution in [0.15, 0.2) is 24.4 Å². The molecule has 4 N–H and O–H groups in total. The van der Waals surface area contributed by atoms with E-state index in [0.29, 0.717) is 43.8 Å². The number of carbonyl (C=O) groups is 2. The average Bonchev–Trinajstić information content (AvgIpc) is 3.45. The van der Waals surface area contributed by atoms with Crippen molar-refractivity contribution in [3.63, 3.8) is 0 Å². The summed E-state index contributed by atoms with van der Waals surface area (Å²) < 4.78 is 5.09. The largest absolute Gasteiger partial charge is 0.481 e. The van der Waals surface area contributed by atoms with Gasteiger partial charge in [0.15, 0.2) is 5.82 Å². The number of aliphatic hydroxyl groups is 1. The summed E-state index contributed by atoms with van der Waals surface area (Å²) in [5.74, 6) is 0.869. The molecule has 0 radical (unpaired) electrons. The van der Waals surface area contributed by atoms with Crippen molar-refractivity contribution in [1.29, 1.82) is 0 Å². The lowest BCUT2D eigenvalue weighted by Crippen LogP contribution is -2.49. The first-order valence-electron chi connectivity index (χ1n) is 11.8. The molecule has 2 fully saturated rings. The number of methoxy groups -OCH3 is 1. The van der Waals surface area contributed by atoms with Crippen LogP contribution < -0.4 is 10.1 Å². The highest BCUT2D eigenvalue weighted by molar-refractivity contribution is 5.91. The Kier molecular flexibility index (Phi) is 7.06. The summed E-state index contributed by atoms with van der Waals surface area (Å²) in [6.07, 6.45) is 5.85. The minimum atomic E-state index is -0.887. The van der Waals surface area contributed by atoms with Crippen molar-refractivity contribution in [3.8, 4) is 5.88 Å². The molecule has 2 aromatic rings. The maximum Gasteiger partial charge on any atom is 0.407 e. The average molecular weight is 472 g/mol. The molecule has 2 aliphatic carbocycles. The number of carbonyl (C=O) groups excluding carboxylic acids is 1. The van der Waals surface area contributed by atoms with Crippen molar-refractivity contribution in [2.24, 2.45) is 0 Å². The van der Waals surface area contributed by atoms with E-state index in [4.69, 9.17) is 4.74 Å². The molecule has 0 bridgehead atoms. The molecule has 2 heterocycles. The molecule has 10 heteroatoms. The topological polar surface area (TPSA) is 141 Å². The summed E-state index contributed by atoms with van der Waals surface area (Å²) in [7, 11) is 1.53. The van der Waals surface area contributed by atoms with E-state index in [1.165, 1.54) is 7.11 Å². The highest BCUT2D eigenvalue weighted by Gasteiger charge is 2.40. The van der Waals surface area contributed by atoms with Crippen LogP contribution in [-0.4, -0.2) is 67.1 Å². The number of H-pyrrole nitrogens is 1. The van der Waals surface area contributed by atoms with E-state index >= 15 is 0 Å². The molecule has 2 amide bonds. The lowest BCUT2D eigenvalue weighted by molar-refractivity contribution is -0.115. The molecule has 10 nitrogen and oxygen atoms in total. The van der Waals surface area contributed by atoms with Crippen LogP contribution >= 0.6 is 0 Å². The van der Waals surface area contributed by atoms with Gasteiger partial charge in [-0.2, -0.15) is 5.10 Å². The third-order valence-corrected chi connectivity index (χ3v) is 7.12. The minimum absolute atomic E-state index is 0.0510. The number of amides is 2. The zero-order valence-electron chi connectivity index (χ0n) is 19.7. The van der Waals surface area contributed by atoms with Crippen LogP contribution in [0.4, 0.5) is 10.6 Å². The van der Waals surface area contributed by atoms with Crippen LogP contribution in [0.25, 0.3) is 0 Å². The monoisotopic (exact) mass is 471 g/mol. The van der Waals surface area contributed by atoms with Crippen LogP contribution in [0.3, 0.4) is 0 Å². The number of nitrogens with one attached hydrogen (secondary N) is 2. The van der Waals surface area contributed by atoms with Crippen LogP contribution in [-0.2, 0) is 11.2 Å². The first-order chi connectivity index (χ1) is 16.2. The number of hydrogen-bond donors (Lipinski definition) is 4. The smallest absolute Gasteiger partial charge is 0.407 e. The van der Waals surface area contributed by atoms with Gasteiger partial charge in [-0.15, -0.1) is 0 Å². The standard InChI is InChI=1S/C24H33N5O5/c1-24(33)8-5-17(6-9-24)29(23(31)32)18-4-3-16(13-18)19-14-20(28-27-19)26-21(30)11-15-7-10-25-22(12-15)34-2/h7,10,12,14,16-18,33H,3-6,8-9,11,13H2,1-2H3,(H,31,32)(H2,26,27,28,30)/t16-,17?,18+,24?/m1/s1. The van der Waals surface area contributed by atoms with Crippen molar-refractivity contribution in [2.75, 3.05) is 12.4 Å². The quantitative estimate of drug-likeness (QED) is 0.485. The van der Waals surface area contributed by atoms with Crippen molar-refractivity contribution in [3.05, 3.63) is 35.7 Å². The predicted molar refractivity (Wildman–Crippen MR) is 125 cm³/mol. The molecule has 2 saturated carbocycles. The van der Waals surface area contributed by atoms with Crippen molar-refractivity contribution in [1.82, 2.24) is 20.1 Å². The Balaban J connectivity index is 1.34. The molecule has 4 rings (SSSR count).